The van der Waals surface area contributed by atoms with Gasteiger partial charge in [0.1, 0.15) is 11.5 Å². The Morgan fingerprint density at radius 1 is 0.897 bits per heavy atom. The van der Waals surface area contributed by atoms with E-state index in [0.29, 0.717) is 23.5 Å². The topological polar surface area (TPSA) is 29.5 Å². The summed E-state index contributed by atoms with van der Waals surface area (Å²) in [6, 6.07) is 21.3. The van der Waals surface area contributed by atoms with E-state index in [1.807, 2.05) is 12.1 Å². The van der Waals surface area contributed by atoms with Gasteiger partial charge in [0.05, 0.1) is 7.11 Å². The molecule has 2 aliphatic rings. The van der Waals surface area contributed by atoms with E-state index in [9.17, 15) is 5.11 Å². The molecule has 0 spiro atoms. The number of aromatic hydroxyl groups is 1. The van der Waals surface area contributed by atoms with Crippen molar-refractivity contribution in [3.05, 3.63) is 94.0 Å². The molecule has 1 N–H and O–H groups in total. The van der Waals surface area contributed by atoms with Crippen LogP contribution in [-0.4, -0.2) is 12.2 Å². The van der Waals surface area contributed by atoms with Crippen molar-refractivity contribution in [3.8, 4) is 11.5 Å². The molecule has 3 unspecified atom stereocenters. The van der Waals surface area contributed by atoms with Gasteiger partial charge in [-0.2, -0.15) is 0 Å². The number of methoxy groups -OCH3 is 1. The molecule has 0 saturated heterocycles. The first-order chi connectivity index (χ1) is 14.1. The van der Waals surface area contributed by atoms with Crippen LogP contribution in [0, 0.1) is 12.8 Å². The van der Waals surface area contributed by atoms with Gasteiger partial charge in [-0.3, -0.25) is 0 Å². The summed E-state index contributed by atoms with van der Waals surface area (Å²) in [6.07, 6.45) is 4.50. The molecule has 29 heavy (non-hydrogen) atoms. The highest BCUT2D eigenvalue weighted by Crippen LogP contribution is 2.50. The van der Waals surface area contributed by atoms with Crippen molar-refractivity contribution in [1.82, 2.24) is 0 Å². The van der Waals surface area contributed by atoms with Gasteiger partial charge in [0.15, 0.2) is 0 Å². The number of aryl methyl sites for hydroxylation is 2. The molecule has 2 heteroatoms. The molecule has 0 heterocycles. The number of benzene rings is 3. The summed E-state index contributed by atoms with van der Waals surface area (Å²) in [5, 5.41) is 9.78. The zero-order chi connectivity index (χ0) is 20.0. The number of ether oxygens (including phenoxy) is 1. The molecular formula is C27H28O2. The lowest BCUT2D eigenvalue weighted by molar-refractivity contribution is 0.308. The van der Waals surface area contributed by atoms with Crippen LogP contribution in [-0.2, 0) is 19.3 Å². The average molecular weight is 385 g/mol. The predicted octanol–water partition coefficient (Wildman–Crippen LogP) is 5.94. The van der Waals surface area contributed by atoms with Crippen LogP contribution >= 0.6 is 0 Å². The Bertz CT molecular complexity index is 1030. The van der Waals surface area contributed by atoms with Gasteiger partial charge in [-0.1, -0.05) is 36.4 Å². The van der Waals surface area contributed by atoms with Crippen molar-refractivity contribution in [3.63, 3.8) is 0 Å². The second-order valence-corrected chi connectivity index (χ2v) is 8.69. The lowest BCUT2D eigenvalue weighted by Gasteiger charge is -2.40. The van der Waals surface area contributed by atoms with Crippen LogP contribution in [0.2, 0.25) is 0 Å². The minimum atomic E-state index is 0.343. The summed E-state index contributed by atoms with van der Waals surface area (Å²) < 4.78 is 5.58. The smallest absolute Gasteiger partial charge is 0.119 e. The molecule has 0 saturated carbocycles. The fraction of sp³-hybridized carbons (Fsp3) is 0.333. The first kappa shape index (κ1) is 18.3. The summed E-state index contributed by atoms with van der Waals surface area (Å²) in [5.41, 5.74) is 8.75. The van der Waals surface area contributed by atoms with Gasteiger partial charge >= 0.3 is 0 Å². The number of phenolic OH excluding ortho intramolecular Hbond substituents is 1. The van der Waals surface area contributed by atoms with E-state index in [1.54, 1.807) is 12.7 Å². The van der Waals surface area contributed by atoms with Crippen LogP contribution in [0.5, 0.6) is 11.5 Å². The van der Waals surface area contributed by atoms with Crippen LogP contribution in [0.4, 0.5) is 0 Å². The molecule has 0 aliphatic heterocycles. The fourth-order valence-corrected chi connectivity index (χ4v) is 5.71. The maximum Gasteiger partial charge on any atom is 0.119 e. The van der Waals surface area contributed by atoms with Crippen LogP contribution in [0.3, 0.4) is 0 Å². The highest BCUT2D eigenvalue weighted by Gasteiger charge is 2.39. The molecule has 0 bridgehead atoms. The zero-order valence-electron chi connectivity index (χ0n) is 17.2. The Morgan fingerprint density at radius 2 is 1.72 bits per heavy atom. The molecule has 0 fully saturated rings. The van der Waals surface area contributed by atoms with E-state index in [-0.39, 0.29) is 0 Å². The van der Waals surface area contributed by atoms with E-state index in [1.165, 1.54) is 34.2 Å². The third-order valence-corrected chi connectivity index (χ3v) is 7.23. The van der Waals surface area contributed by atoms with Gasteiger partial charge in [0.2, 0.25) is 0 Å². The van der Waals surface area contributed by atoms with Crippen LogP contribution in [0.25, 0.3) is 0 Å². The SMILES string of the molecule is COc1ccc2c(c1)C1Cc3c(C)cccc3CCC1C(c1ccc(O)cc1)C2. The molecule has 0 aromatic heterocycles. The second-order valence-electron chi connectivity index (χ2n) is 8.69. The minimum Gasteiger partial charge on any atom is -0.508 e. The van der Waals surface area contributed by atoms with Crippen molar-refractivity contribution < 1.29 is 9.84 Å². The third-order valence-electron chi connectivity index (χ3n) is 7.23. The van der Waals surface area contributed by atoms with Crippen LogP contribution in [0.1, 0.15) is 51.6 Å². The summed E-state index contributed by atoms with van der Waals surface area (Å²) in [6.45, 7) is 2.26. The van der Waals surface area contributed by atoms with Gasteiger partial charge in [-0.15, -0.1) is 0 Å². The molecule has 2 nitrogen and oxygen atoms in total. The van der Waals surface area contributed by atoms with Gasteiger partial charge in [0.25, 0.3) is 0 Å². The third kappa shape index (κ3) is 3.21. The monoisotopic (exact) mass is 384 g/mol. The Morgan fingerprint density at radius 3 is 2.52 bits per heavy atom. The maximum atomic E-state index is 9.78. The van der Waals surface area contributed by atoms with E-state index < -0.39 is 0 Å². The quantitative estimate of drug-likeness (QED) is 0.593. The number of phenols is 1. The summed E-state index contributed by atoms with van der Waals surface area (Å²) in [5.74, 6) is 2.87. The molecule has 3 aromatic carbocycles. The molecule has 0 radical (unpaired) electrons. The standard InChI is InChI=1S/C27H28O2/c1-17-4-3-5-18-9-13-23-25(19-6-10-21(28)11-7-19)14-20-8-12-22(29-2)15-26(20)27(23)16-24(17)18/h3-8,10-12,15,23,25,27-28H,9,13-14,16H2,1-2H3. The minimum absolute atomic E-state index is 0.343. The van der Waals surface area contributed by atoms with Crippen molar-refractivity contribution >= 4 is 0 Å². The molecule has 5 rings (SSSR count). The lowest BCUT2D eigenvalue weighted by atomic mass is 9.64. The average Bonchev–Trinajstić information content (AvgIpc) is 2.94. The molecule has 2 aliphatic carbocycles. The molecular weight excluding hydrogens is 356 g/mol. The summed E-state index contributed by atoms with van der Waals surface area (Å²) in [4.78, 5) is 0. The molecule has 0 amide bonds. The largest absolute Gasteiger partial charge is 0.508 e. The van der Waals surface area contributed by atoms with E-state index >= 15 is 0 Å². The van der Waals surface area contributed by atoms with Crippen molar-refractivity contribution in [1.29, 1.82) is 0 Å². The van der Waals surface area contributed by atoms with E-state index in [2.05, 4.69) is 55.5 Å². The first-order valence-electron chi connectivity index (χ1n) is 10.7. The van der Waals surface area contributed by atoms with E-state index in [0.717, 1.165) is 25.0 Å². The van der Waals surface area contributed by atoms with Gasteiger partial charge < -0.3 is 9.84 Å². The highest BCUT2D eigenvalue weighted by molar-refractivity contribution is 5.46. The summed E-state index contributed by atoms with van der Waals surface area (Å²) in [7, 11) is 1.76. The Labute approximate surface area is 173 Å². The first-order valence-corrected chi connectivity index (χ1v) is 10.7. The van der Waals surface area contributed by atoms with Gasteiger partial charge in [-0.05, 0) is 108 Å². The summed E-state index contributed by atoms with van der Waals surface area (Å²) >= 11 is 0. The fourth-order valence-electron chi connectivity index (χ4n) is 5.71. The lowest BCUT2D eigenvalue weighted by Crippen LogP contribution is -2.29. The molecule has 148 valence electrons. The number of fused-ring (bicyclic) bond motifs is 4. The van der Waals surface area contributed by atoms with Crippen LogP contribution in [0.15, 0.2) is 60.7 Å². The van der Waals surface area contributed by atoms with Gasteiger partial charge in [0, 0.05) is 0 Å². The number of hydrogen-bond donors (Lipinski definition) is 1. The zero-order valence-corrected chi connectivity index (χ0v) is 17.2. The molecule has 3 atom stereocenters. The Kier molecular flexibility index (Phi) is 4.58. The van der Waals surface area contributed by atoms with Gasteiger partial charge in [-0.25, -0.2) is 0 Å². The predicted molar refractivity (Wildman–Crippen MR) is 117 cm³/mol. The van der Waals surface area contributed by atoms with E-state index in [4.69, 9.17) is 4.74 Å². The maximum absolute atomic E-state index is 9.78. The second kappa shape index (κ2) is 7.26. The molecule has 3 aromatic rings. The number of hydrogen-bond acceptors (Lipinski definition) is 2. The highest BCUT2D eigenvalue weighted by atomic mass is 16.5. The normalized spacial score (nSPS) is 22.8. The van der Waals surface area contributed by atoms with Crippen LogP contribution < -0.4 is 4.74 Å². The number of rotatable bonds is 2. The van der Waals surface area contributed by atoms with Crippen molar-refractivity contribution in [2.24, 2.45) is 5.92 Å². The van der Waals surface area contributed by atoms with Crippen molar-refractivity contribution in [2.45, 2.75) is 44.4 Å². The Balaban J connectivity index is 1.64. The Hall–Kier alpha value is -2.74. The van der Waals surface area contributed by atoms with Crippen molar-refractivity contribution in [2.75, 3.05) is 7.11 Å².